The molecule has 1 aromatic carbocycles. The van der Waals surface area contributed by atoms with E-state index in [-0.39, 0.29) is 18.2 Å². The molecule has 1 fully saturated rings. The Labute approximate surface area is 179 Å². The Balaban J connectivity index is 1.38. The predicted octanol–water partition coefficient (Wildman–Crippen LogP) is 3.25. The summed E-state index contributed by atoms with van der Waals surface area (Å²) in [5.41, 5.74) is 0.414. The molecule has 2 aromatic heterocycles. The fraction of sp³-hybridized carbons (Fsp3) is 0.400. The van der Waals surface area contributed by atoms with E-state index >= 15 is 0 Å². The lowest BCUT2D eigenvalue weighted by atomic mass is 9.97. The van der Waals surface area contributed by atoms with Crippen LogP contribution in [0.5, 0.6) is 5.75 Å². The second-order valence-corrected chi connectivity index (χ2v) is 7.31. The number of anilines is 1. The SMILES string of the molecule is COc1ccc(F)cc1COC(=O)C1CCN(c2ccc3nnc(C(F)(F)F)n3n2)CC1. The number of esters is 1. The molecule has 0 unspecified atom stereocenters. The zero-order valence-corrected chi connectivity index (χ0v) is 17.0. The van der Waals surface area contributed by atoms with Crippen molar-refractivity contribution in [3.63, 3.8) is 0 Å². The van der Waals surface area contributed by atoms with Crippen molar-refractivity contribution in [1.29, 1.82) is 0 Å². The molecule has 0 aliphatic carbocycles. The molecule has 1 aliphatic rings. The zero-order valence-electron chi connectivity index (χ0n) is 17.0. The Hall–Kier alpha value is -3.44. The quantitative estimate of drug-likeness (QED) is 0.433. The van der Waals surface area contributed by atoms with Gasteiger partial charge in [0.25, 0.3) is 5.82 Å². The minimum Gasteiger partial charge on any atom is -0.496 e. The molecule has 0 bridgehead atoms. The molecule has 0 atom stereocenters. The monoisotopic (exact) mass is 453 g/mol. The summed E-state index contributed by atoms with van der Waals surface area (Å²) in [6, 6.07) is 6.94. The molecule has 0 amide bonds. The van der Waals surface area contributed by atoms with Crippen molar-refractivity contribution in [2.24, 2.45) is 5.92 Å². The highest BCUT2D eigenvalue weighted by Gasteiger charge is 2.38. The van der Waals surface area contributed by atoms with Gasteiger partial charge in [-0.25, -0.2) is 4.39 Å². The lowest BCUT2D eigenvalue weighted by molar-refractivity contribution is -0.150. The molecule has 3 aromatic rings. The normalized spacial score (nSPS) is 15.2. The van der Waals surface area contributed by atoms with Crippen LogP contribution in [0.25, 0.3) is 5.65 Å². The number of carbonyl (C=O) groups is 1. The summed E-state index contributed by atoms with van der Waals surface area (Å²) in [5, 5.41) is 10.7. The minimum atomic E-state index is -4.67. The van der Waals surface area contributed by atoms with Crippen LogP contribution in [0.4, 0.5) is 23.4 Å². The van der Waals surface area contributed by atoms with Gasteiger partial charge in [0.2, 0.25) is 0 Å². The van der Waals surface area contributed by atoms with Crippen LogP contribution in [-0.2, 0) is 22.3 Å². The summed E-state index contributed by atoms with van der Waals surface area (Å²) < 4.78 is 63.8. The molecule has 1 saturated heterocycles. The van der Waals surface area contributed by atoms with Crippen LogP contribution in [0, 0.1) is 11.7 Å². The molecule has 8 nitrogen and oxygen atoms in total. The highest BCUT2D eigenvalue weighted by Crippen LogP contribution is 2.29. The van der Waals surface area contributed by atoms with E-state index in [2.05, 4.69) is 15.3 Å². The fourth-order valence-electron chi connectivity index (χ4n) is 3.60. The van der Waals surface area contributed by atoms with Gasteiger partial charge in [0, 0.05) is 18.7 Å². The number of alkyl halides is 3. The topological polar surface area (TPSA) is 81.9 Å². The summed E-state index contributed by atoms with van der Waals surface area (Å²) in [6.07, 6.45) is -3.80. The van der Waals surface area contributed by atoms with E-state index in [1.165, 1.54) is 31.4 Å². The van der Waals surface area contributed by atoms with E-state index < -0.39 is 23.8 Å². The number of methoxy groups -OCH3 is 1. The molecule has 0 radical (unpaired) electrons. The second kappa shape index (κ2) is 8.60. The van der Waals surface area contributed by atoms with Crippen LogP contribution in [0.15, 0.2) is 30.3 Å². The van der Waals surface area contributed by atoms with Crippen LogP contribution < -0.4 is 9.64 Å². The van der Waals surface area contributed by atoms with Crippen LogP contribution in [0.3, 0.4) is 0 Å². The molecular formula is C20H19F4N5O3. The fourth-order valence-corrected chi connectivity index (χ4v) is 3.60. The van der Waals surface area contributed by atoms with Crippen molar-refractivity contribution >= 4 is 17.4 Å². The summed E-state index contributed by atoms with van der Waals surface area (Å²) in [7, 11) is 1.44. The largest absolute Gasteiger partial charge is 0.496 e. The number of carbonyl (C=O) groups excluding carboxylic acids is 1. The first-order valence-corrected chi connectivity index (χ1v) is 9.80. The van der Waals surface area contributed by atoms with Crippen LogP contribution in [-0.4, -0.2) is 46.0 Å². The first-order valence-electron chi connectivity index (χ1n) is 9.80. The number of rotatable bonds is 5. The van der Waals surface area contributed by atoms with Gasteiger partial charge in [-0.3, -0.25) is 4.79 Å². The van der Waals surface area contributed by atoms with E-state index in [9.17, 15) is 22.4 Å². The minimum absolute atomic E-state index is 0.00712. The molecule has 0 spiro atoms. The smallest absolute Gasteiger partial charge is 0.453 e. The van der Waals surface area contributed by atoms with Gasteiger partial charge >= 0.3 is 12.1 Å². The van der Waals surface area contributed by atoms with E-state index in [1.54, 1.807) is 11.0 Å². The highest BCUT2D eigenvalue weighted by molar-refractivity contribution is 5.73. The first kappa shape index (κ1) is 21.8. The molecule has 3 heterocycles. The van der Waals surface area contributed by atoms with Crippen molar-refractivity contribution in [3.05, 3.63) is 47.5 Å². The summed E-state index contributed by atoms with van der Waals surface area (Å²) in [6.45, 7) is 0.697. The number of aromatic nitrogens is 4. The van der Waals surface area contributed by atoms with Gasteiger partial charge in [0.05, 0.1) is 13.0 Å². The van der Waals surface area contributed by atoms with Crippen molar-refractivity contribution in [3.8, 4) is 5.75 Å². The van der Waals surface area contributed by atoms with Gasteiger partial charge in [-0.05, 0) is 43.2 Å². The molecule has 32 heavy (non-hydrogen) atoms. The van der Waals surface area contributed by atoms with Gasteiger partial charge < -0.3 is 14.4 Å². The molecule has 170 valence electrons. The Morgan fingerprint density at radius 2 is 1.91 bits per heavy atom. The summed E-state index contributed by atoms with van der Waals surface area (Å²) in [4.78, 5) is 14.2. The zero-order chi connectivity index (χ0) is 22.9. The van der Waals surface area contributed by atoms with Crippen LogP contribution in [0.1, 0.15) is 24.2 Å². The lowest BCUT2D eigenvalue weighted by Crippen LogP contribution is -2.37. The number of fused-ring (bicyclic) bond motifs is 1. The van der Waals surface area contributed by atoms with Crippen LogP contribution >= 0.6 is 0 Å². The number of hydrogen-bond donors (Lipinski definition) is 0. The van der Waals surface area contributed by atoms with Crippen molar-refractivity contribution in [2.75, 3.05) is 25.1 Å². The van der Waals surface area contributed by atoms with Crippen LogP contribution in [0.2, 0.25) is 0 Å². The standard InChI is InChI=1S/C20H19F4N5O3/c1-31-15-3-2-14(21)10-13(15)11-32-18(30)12-6-8-28(9-7-12)17-5-4-16-25-26-19(20(22,23)24)29(16)27-17/h2-5,10,12H,6-9,11H2,1H3. The number of nitrogens with zero attached hydrogens (tertiary/aromatic N) is 5. The van der Waals surface area contributed by atoms with Crippen molar-refractivity contribution in [1.82, 2.24) is 19.8 Å². The molecule has 12 heteroatoms. The number of benzene rings is 1. The van der Waals surface area contributed by atoms with Gasteiger partial charge in [0.1, 0.15) is 24.0 Å². The third-order valence-corrected chi connectivity index (χ3v) is 5.27. The first-order chi connectivity index (χ1) is 15.3. The Morgan fingerprint density at radius 1 is 1.16 bits per heavy atom. The summed E-state index contributed by atoms with van der Waals surface area (Å²) >= 11 is 0. The Bertz CT molecular complexity index is 1130. The lowest BCUT2D eigenvalue weighted by Gasteiger charge is -2.31. The number of halogens is 4. The second-order valence-electron chi connectivity index (χ2n) is 7.31. The van der Waals surface area contributed by atoms with E-state index in [4.69, 9.17) is 9.47 Å². The van der Waals surface area contributed by atoms with Gasteiger partial charge in [-0.15, -0.1) is 15.3 Å². The molecular weight excluding hydrogens is 434 g/mol. The molecule has 0 saturated carbocycles. The van der Waals surface area contributed by atoms with Gasteiger partial charge in [-0.2, -0.15) is 17.7 Å². The maximum atomic E-state index is 13.5. The number of piperidine rings is 1. The van der Waals surface area contributed by atoms with E-state index in [0.717, 1.165) is 0 Å². The van der Waals surface area contributed by atoms with Gasteiger partial charge in [0.15, 0.2) is 5.65 Å². The van der Waals surface area contributed by atoms with Crippen molar-refractivity contribution in [2.45, 2.75) is 25.6 Å². The number of hydrogen-bond acceptors (Lipinski definition) is 7. The molecule has 1 aliphatic heterocycles. The molecule has 0 N–H and O–H groups in total. The van der Waals surface area contributed by atoms with E-state index in [1.807, 2.05) is 0 Å². The predicted molar refractivity (Wildman–Crippen MR) is 103 cm³/mol. The average Bonchev–Trinajstić information content (AvgIpc) is 3.21. The summed E-state index contributed by atoms with van der Waals surface area (Å²) in [5.74, 6) is -1.70. The Morgan fingerprint density at radius 3 is 2.59 bits per heavy atom. The number of ether oxygens (including phenoxy) is 2. The maximum absolute atomic E-state index is 13.5. The Kier molecular flexibility index (Phi) is 5.85. The average molecular weight is 453 g/mol. The third-order valence-electron chi connectivity index (χ3n) is 5.27. The van der Waals surface area contributed by atoms with E-state index in [0.29, 0.717) is 47.6 Å². The molecule has 4 rings (SSSR count). The van der Waals surface area contributed by atoms with Gasteiger partial charge in [-0.1, -0.05) is 0 Å². The van der Waals surface area contributed by atoms with Crippen molar-refractivity contribution < 1.29 is 31.8 Å². The maximum Gasteiger partial charge on any atom is 0.453 e. The highest BCUT2D eigenvalue weighted by atomic mass is 19.4. The third kappa shape index (κ3) is 4.43.